The molecular weight excluding hydrogens is 395 g/mol. The lowest BCUT2D eigenvalue weighted by molar-refractivity contribution is 0.615. The van der Waals surface area contributed by atoms with E-state index in [0.717, 1.165) is 11.1 Å². The van der Waals surface area contributed by atoms with Gasteiger partial charge in [0.05, 0.1) is 30.1 Å². The molecule has 4 aromatic heterocycles. The second-order valence-electron chi connectivity index (χ2n) is 6.84. The van der Waals surface area contributed by atoms with Crippen LogP contribution in [0.3, 0.4) is 0 Å². The summed E-state index contributed by atoms with van der Waals surface area (Å²) < 4.78 is 21.1. The maximum absolute atomic E-state index is 13.5. The highest BCUT2D eigenvalue weighted by molar-refractivity contribution is 5.95. The Labute approximate surface area is 176 Å². The zero-order valence-corrected chi connectivity index (χ0v) is 16.2. The molecule has 0 bridgehead atoms. The van der Waals surface area contributed by atoms with Crippen LogP contribution in [0.15, 0.2) is 71.7 Å². The van der Waals surface area contributed by atoms with Gasteiger partial charge in [-0.1, -0.05) is 6.07 Å². The number of aryl methyl sites for hydroxylation is 1. The highest BCUT2D eigenvalue weighted by atomic mass is 19.1. The summed E-state index contributed by atoms with van der Waals surface area (Å²) in [5.41, 5.74) is 3.88. The number of pyridine rings is 1. The Morgan fingerprint density at radius 2 is 1.90 bits per heavy atom. The number of hydrogen-bond acceptors (Lipinski definition) is 6. The van der Waals surface area contributed by atoms with E-state index in [2.05, 4.69) is 26.1 Å². The lowest BCUT2D eigenvalue weighted by Gasteiger charge is -2.03. The van der Waals surface area contributed by atoms with Crippen LogP contribution in [0.2, 0.25) is 0 Å². The third-order valence-corrected chi connectivity index (χ3v) is 4.83. The molecule has 7 nitrogen and oxygen atoms in total. The van der Waals surface area contributed by atoms with Gasteiger partial charge in [-0.15, -0.1) is 0 Å². The standard InChI is InChI=1S/C23H15FN6O/c24-16-7-5-15(6-8-16)21-18(13-30(29-21)11-3-9-25)22-17-12-20(19-4-1-2-10-26-19)31-23(17)28-14-27-22/h1-2,4-8,10,12-14H,3,11H2. The number of rotatable bonds is 5. The normalized spacial score (nSPS) is 11.0. The monoisotopic (exact) mass is 410 g/mol. The van der Waals surface area contributed by atoms with Crippen molar-refractivity contribution in [3.8, 4) is 40.0 Å². The van der Waals surface area contributed by atoms with Gasteiger partial charge in [0.15, 0.2) is 5.76 Å². The van der Waals surface area contributed by atoms with Gasteiger partial charge in [0, 0.05) is 23.5 Å². The molecule has 1 aromatic carbocycles. The van der Waals surface area contributed by atoms with Crippen LogP contribution in [0, 0.1) is 17.1 Å². The number of halogens is 1. The first-order valence-electron chi connectivity index (χ1n) is 9.59. The average molecular weight is 410 g/mol. The Morgan fingerprint density at radius 1 is 1.03 bits per heavy atom. The Morgan fingerprint density at radius 3 is 2.68 bits per heavy atom. The Hall–Kier alpha value is -4.38. The molecule has 0 saturated carbocycles. The summed E-state index contributed by atoms with van der Waals surface area (Å²) in [6.07, 6.45) is 5.29. The van der Waals surface area contributed by atoms with Crippen molar-refractivity contribution < 1.29 is 8.81 Å². The highest BCUT2D eigenvalue weighted by Gasteiger charge is 2.20. The van der Waals surface area contributed by atoms with Crippen LogP contribution < -0.4 is 0 Å². The number of nitriles is 1. The lowest BCUT2D eigenvalue weighted by atomic mass is 10.0. The summed E-state index contributed by atoms with van der Waals surface area (Å²) in [5, 5.41) is 14.3. The van der Waals surface area contributed by atoms with Gasteiger partial charge in [-0.05, 0) is 42.5 Å². The maximum Gasteiger partial charge on any atom is 0.230 e. The van der Waals surface area contributed by atoms with Gasteiger partial charge in [-0.2, -0.15) is 10.4 Å². The van der Waals surface area contributed by atoms with Crippen molar-refractivity contribution in [2.45, 2.75) is 13.0 Å². The Bertz CT molecular complexity index is 1400. The highest BCUT2D eigenvalue weighted by Crippen LogP contribution is 2.36. The van der Waals surface area contributed by atoms with E-state index in [0.29, 0.717) is 46.9 Å². The summed E-state index contributed by atoms with van der Waals surface area (Å²) in [7, 11) is 0. The third kappa shape index (κ3) is 3.53. The maximum atomic E-state index is 13.5. The molecule has 0 radical (unpaired) electrons. The molecule has 5 aromatic rings. The van der Waals surface area contributed by atoms with E-state index in [1.54, 1.807) is 23.0 Å². The third-order valence-electron chi connectivity index (χ3n) is 4.83. The minimum absolute atomic E-state index is 0.318. The summed E-state index contributed by atoms with van der Waals surface area (Å²) >= 11 is 0. The second-order valence-corrected chi connectivity index (χ2v) is 6.84. The molecule has 0 aliphatic rings. The van der Waals surface area contributed by atoms with Crippen molar-refractivity contribution in [1.29, 1.82) is 5.26 Å². The van der Waals surface area contributed by atoms with Crippen LogP contribution in [-0.2, 0) is 6.54 Å². The quantitative estimate of drug-likeness (QED) is 0.410. The van der Waals surface area contributed by atoms with E-state index in [4.69, 9.17) is 9.68 Å². The number of aromatic nitrogens is 5. The summed E-state index contributed by atoms with van der Waals surface area (Å²) in [6.45, 7) is 0.434. The molecule has 0 amide bonds. The van der Waals surface area contributed by atoms with Crippen molar-refractivity contribution in [3.05, 3.63) is 73.1 Å². The molecule has 0 N–H and O–H groups in total. The second kappa shape index (κ2) is 7.80. The lowest BCUT2D eigenvalue weighted by Crippen LogP contribution is -1.97. The number of benzene rings is 1. The molecule has 0 aliphatic heterocycles. The minimum Gasteiger partial charge on any atom is -0.436 e. The predicted molar refractivity (Wildman–Crippen MR) is 112 cm³/mol. The van der Waals surface area contributed by atoms with Gasteiger partial charge < -0.3 is 4.42 Å². The molecule has 0 atom stereocenters. The van der Waals surface area contributed by atoms with Crippen LogP contribution in [0.25, 0.3) is 45.1 Å². The van der Waals surface area contributed by atoms with Crippen molar-refractivity contribution >= 4 is 11.1 Å². The molecule has 150 valence electrons. The molecule has 4 heterocycles. The molecule has 5 rings (SSSR count). The molecule has 0 saturated heterocycles. The number of fused-ring (bicyclic) bond motifs is 1. The van der Waals surface area contributed by atoms with Crippen molar-refractivity contribution in [1.82, 2.24) is 24.7 Å². The van der Waals surface area contributed by atoms with Crippen LogP contribution in [0.5, 0.6) is 0 Å². The summed E-state index contributed by atoms with van der Waals surface area (Å²) in [6, 6.07) is 15.7. The molecule has 0 spiro atoms. The van der Waals surface area contributed by atoms with Crippen molar-refractivity contribution in [3.63, 3.8) is 0 Å². The van der Waals surface area contributed by atoms with E-state index in [9.17, 15) is 4.39 Å². The van der Waals surface area contributed by atoms with Crippen molar-refractivity contribution in [2.24, 2.45) is 0 Å². The van der Waals surface area contributed by atoms with Gasteiger partial charge in [-0.25, -0.2) is 14.4 Å². The zero-order chi connectivity index (χ0) is 21.2. The largest absolute Gasteiger partial charge is 0.436 e. The smallest absolute Gasteiger partial charge is 0.230 e. The predicted octanol–water partition coefficient (Wildman–Crippen LogP) is 4.87. The topological polar surface area (TPSA) is 93.4 Å². The number of nitrogens with zero attached hydrogens (tertiary/aromatic N) is 6. The van der Waals surface area contributed by atoms with E-state index < -0.39 is 0 Å². The molecule has 8 heteroatoms. The van der Waals surface area contributed by atoms with Gasteiger partial charge in [0.2, 0.25) is 5.71 Å². The molecule has 0 unspecified atom stereocenters. The van der Waals surface area contributed by atoms with Crippen LogP contribution in [0.1, 0.15) is 6.42 Å². The van der Waals surface area contributed by atoms with Gasteiger partial charge in [-0.3, -0.25) is 9.67 Å². The first kappa shape index (κ1) is 18.6. The Balaban J connectivity index is 1.68. The number of furan rings is 1. The SMILES string of the molecule is N#CCCn1cc(-c2ncnc3oc(-c4ccccn4)cc23)c(-c2ccc(F)cc2)n1. The molecule has 31 heavy (non-hydrogen) atoms. The fraction of sp³-hybridized carbons (Fsp3) is 0.0870. The van der Waals surface area contributed by atoms with Crippen LogP contribution >= 0.6 is 0 Å². The summed E-state index contributed by atoms with van der Waals surface area (Å²) in [4.78, 5) is 13.1. The average Bonchev–Trinajstić information content (AvgIpc) is 3.43. The first-order valence-corrected chi connectivity index (χ1v) is 9.59. The fourth-order valence-electron chi connectivity index (χ4n) is 3.40. The molecule has 0 fully saturated rings. The number of hydrogen-bond donors (Lipinski definition) is 0. The van der Waals surface area contributed by atoms with Gasteiger partial charge >= 0.3 is 0 Å². The van der Waals surface area contributed by atoms with E-state index in [1.165, 1.54) is 18.5 Å². The van der Waals surface area contributed by atoms with E-state index >= 15 is 0 Å². The van der Waals surface area contributed by atoms with E-state index in [1.807, 2.05) is 30.5 Å². The van der Waals surface area contributed by atoms with Gasteiger partial charge in [0.1, 0.15) is 23.5 Å². The van der Waals surface area contributed by atoms with E-state index in [-0.39, 0.29) is 5.82 Å². The first-order chi connectivity index (χ1) is 15.2. The fourth-order valence-corrected chi connectivity index (χ4v) is 3.40. The molecule has 0 aliphatic carbocycles. The Kier molecular flexibility index (Phi) is 4.69. The van der Waals surface area contributed by atoms with Crippen molar-refractivity contribution in [2.75, 3.05) is 0 Å². The summed E-state index contributed by atoms with van der Waals surface area (Å²) in [5.74, 6) is 0.256. The van der Waals surface area contributed by atoms with Crippen LogP contribution in [-0.4, -0.2) is 24.7 Å². The van der Waals surface area contributed by atoms with Crippen LogP contribution in [0.4, 0.5) is 4.39 Å². The molecular formula is C23H15FN6O. The minimum atomic E-state index is -0.325. The van der Waals surface area contributed by atoms with Gasteiger partial charge in [0.25, 0.3) is 0 Å². The zero-order valence-electron chi connectivity index (χ0n) is 16.2.